The van der Waals surface area contributed by atoms with Crippen LogP contribution in [0.15, 0.2) is 12.0 Å². The molecule has 2 atom stereocenters. The molecule has 0 aromatic carbocycles. The van der Waals surface area contributed by atoms with Crippen molar-refractivity contribution in [3.05, 3.63) is 12.0 Å². The molecular formula is C10H17NO2. The average molecular weight is 183 g/mol. The van der Waals surface area contributed by atoms with Crippen molar-refractivity contribution in [3.8, 4) is 0 Å². The van der Waals surface area contributed by atoms with Gasteiger partial charge in [-0.1, -0.05) is 12.8 Å². The van der Waals surface area contributed by atoms with E-state index in [0.717, 1.165) is 38.0 Å². The van der Waals surface area contributed by atoms with Crippen LogP contribution in [-0.2, 0) is 4.74 Å². The van der Waals surface area contributed by atoms with Gasteiger partial charge in [-0.3, -0.25) is 0 Å². The molecule has 1 aliphatic heterocycles. The van der Waals surface area contributed by atoms with Crippen LogP contribution in [0.25, 0.3) is 0 Å². The molecule has 1 heterocycles. The van der Waals surface area contributed by atoms with E-state index in [1.54, 1.807) is 6.26 Å². The highest BCUT2D eigenvalue weighted by molar-refractivity contribution is 5.02. The van der Waals surface area contributed by atoms with Crippen LogP contribution in [0.2, 0.25) is 0 Å². The van der Waals surface area contributed by atoms with Crippen molar-refractivity contribution in [2.45, 2.75) is 44.2 Å². The summed E-state index contributed by atoms with van der Waals surface area (Å²) >= 11 is 0. The van der Waals surface area contributed by atoms with Gasteiger partial charge < -0.3 is 15.2 Å². The van der Waals surface area contributed by atoms with Crippen molar-refractivity contribution in [1.29, 1.82) is 0 Å². The molecule has 0 radical (unpaired) electrons. The highest BCUT2D eigenvalue weighted by Gasteiger charge is 2.23. The number of nitrogens with one attached hydrogen (secondary N) is 1. The Morgan fingerprint density at radius 2 is 2.23 bits per heavy atom. The standard InChI is InChI=1S/C10H17NO2/c12-10-4-2-1-3-9(10)11-8-5-6-13-7-8/h7,9-12H,1-6H2/t9-,10-/m1/s1. The SMILES string of the molecule is O[C@@H]1CCCC[C@H]1NC1=COCC1. The van der Waals surface area contributed by atoms with E-state index in [-0.39, 0.29) is 12.1 Å². The van der Waals surface area contributed by atoms with Crippen molar-refractivity contribution in [2.24, 2.45) is 0 Å². The van der Waals surface area contributed by atoms with Crippen LogP contribution >= 0.6 is 0 Å². The Labute approximate surface area is 78.8 Å². The van der Waals surface area contributed by atoms with Gasteiger partial charge in [-0.25, -0.2) is 0 Å². The van der Waals surface area contributed by atoms with E-state index >= 15 is 0 Å². The average Bonchev–Trinajstić information content (AvgIpc) is 2.61. The first-order valence-corrected chi connectivity index (χ1v) is 5.11. The van der Waals surface area contributed by atoms with Gasteiger partial charge in [0.25, 0.3) is 0 Å². The summed E-state index contributed by atoms with van der Waals surface area (Å²) in [6.45, 7) is 0.783. The van der Waals surface area contributed by atoms with Gasteiger partial charge >= 0.3 is 0 Å². The minimum absolute atomic E-state index is 0.171. The maximum Gasteiger partial charge on any atom is 0.102 e. The zero-order valence-electron chi connectivity index (χ0n) is 7.83. The molecule has 3 heteroatoms. The summed E-state index contributed by atoms with van der Waals surface area (Å²) in [5.41, 5.74) is 1.14. The third-order valence-electron chi connectivity index (χ3n) is 2.82. The normalized spacial score (nSPS) is 33.8. The summed E-state index contributed by atoms with van der Waals surface area (Å²) in [4.78, 5) is 0. The van der Waals surface area contributed by atoms with Crippen LogP contribution in [-0.4, -0.2) is 23.9 Å². The first kappa shape index (κ1) is 8.88. The van der Waals surface area contributed by atoms with Crippen molar-refractivity contribution in [1.82, 2.24) is 5.32 Å². The molecule has 0 saturated heterocycles. The molecule has 2 rings (SSSR count). The molecule has 0 bridgehead atoms. The quantitative estimate of drug-likeness (QED) is 0.674. The van der Waals surface area contributed by atoms with Crippen molar-refractivity contribution in [2.75, 3.05) is 6.61 Å². The van der Waals surface area contributed by atoms with E-state index in [2.05, 4.69) is 5.32 Å². The second-order valence-electron chi connectivity index (χ2n) is 3.87. The molecule has 1 fully saturated rings. The molecule has 13 heavy (non-hydrogen) atoms. The van der Waals surface area contributed by atoms with E-state index in [9.17, 15) is 5.11 Å². The molecule has 1 aliphatic carbocycles. The first-order chi connectivity index (χ1) is 6.36. The van der Waals surface area contributed by atoms with Crippen LogP contribution in [0.4, 0.5) is 0 Å². The van der Waals surface area contributed by atoms with E-state index < -0.39 is 0 Å². The van der Waals surface area contributed by atoms with E-state index in [1.807, 2.05) is 0 Å². The summed E-state index contributed by atoms with van der Waals surface area (Å²) in [6.07, 6.45) is 6.97. The Morgan fingerprint density at radius 3 is 2.92 bits per heavy atom. The summed E-state index contributed by atoms with van der Waals surface area (Å²) in [7, 11) is 0. The largest absolute Gasteiger partial charge is 0.499 e. The van der Waals surface area contributed by atoms with E-state index in [0.29, 0.717) is 0 Å². The summed E-state index contributed by atoms with van der Waals surface area (Å²) in [5.74, 6) is 0. The van der Waals surface area contributed by atoms with Gasteiger partial charge in [0.05, 0.1) is 18.8 Å². The van der Waals surface area contributed by atoms with Crippen LogP contribution in [0.1, 0.15) is 32.1 Å². The van der Waals surface area contributed by atoms with Crippen molar-refractivity contribution >= 4 is 0 Å². The van der Waals surface area contributed by atoms with E-state index in [4.69, 9.17) is 4.74 Å². The van der Waals surface area contributed by atoms with Crippen LogP contribution in [0.5, 0.6) is 0 Å². The summed E-state index contributed by atoms with van der Waals surface area (Å²) in [6, 6.07) is 0.252. The number of aliphatic hydroxyl groups excluding tert-OH is 1. The summed E-state index contributed by atoms with van der Waals surface area (Å²) < 4.78 is 5.13. The smallest absolute Gasteiger partial charge is 0.102 e. The zero-order chi connectivity index (χ0) is 9.10. The summed E-state index contributed by atoms with van der Waals surface area (Å²) in [5, 5.41) is 13.1. The van der Waals surface area contributed by atoms with Crippen LogP contribution in [0.3, 0.4) is 0 Å². The minimum Gasteiger partial charge on any atom is -0.499 e. The Kier molecular flexibility index (Phi) is 2.74. The minimum atomic E-state index is -0.171. The lowest BCUT2D eigenvalue weighted by Gasteiger charge is -2.29. The molecule has 3 nitrogen and oxygen atoms in total. The maximum atomic E-state index is 9.70. The lowest BCUT2D eigenvalue weighted by molar-refractivity contribution is 0.0954. The van der Waals surface area contributed by atoms with Gasteiger partial charge in [0, 0.05) is 12.1 Å². The zero-order valence-corrected chi connectivity index (χ0v) is 7.83. The number of hydrogen-bond donors (Lipinski definition) is 2. The monoisotopic (exact) mass is 183 g/mol. The third-order valence-corrected chi connectivity index (χ3v) is 2.82. The molecule has 2 aliphatic rings. The molecule has 0 unspecified atom stereocenters. The first-order valence-electron chi connectivity index (χ1n) is 5.11. The molecular weight excluding hydrogens is 166 g/mol. The topological polar surface area (TPSA) is 41.5 Å². The lowest BCUT2D eigenvalue weighted by Crippen LogP contribution is -2.41. The highest BCUT2D eigenvalue weighted by Crippen LogP contribution is 2.20. The Balaban J connectivity index is 1.85. The van der Waals surface area contributed by atoms with Gasteiger partial charge in [-0.05, 0) is 12.8 Å². The van der Waals surface area contributed by atoms with Gasteiger partial charge in [0.15, 0.2) is 0 Å². The van der Waals surface area contributed by atoms with Gasteiger partial charge in [0.2, 0.25) is 0 Å². The Hall–Kier alpha value is -0.700. The molecule has 74 valence electrons. The lowest BCUT2D eigenvalue weighted by atomic mass is 9.92. The molecule has 2 N–H and O–H groups in total. The fourth-order valence-corrected chi connectivity index (χ4v) is 2.01. The Morgan fingerprint density at radius 1 is 1.38 bits per heavy atom. The number of ether oxygens (including phenoxy) is 1. The second kappa shape index (κ2) is 4.01. The molecule has 1 saturated carbocycles. The van der Waals surface area contributed by atoms with Gasteiger partial charge in [0.1, 0.15) is 6.26 Å². The van der Waals surface area contributed by atoms with Gasteiger partial charge in [-0.2, -0.15) is 0 Å². The molecule has 0 aromatic rings. The van der Waals surface area contributed by atoms with Crippen molar-refractivity contribution in [3.63, 3.8) is 0 Å². The second-order valence-corrected chi connectivity index (χ2v) is 3.87. The number of rotatable bonds is 2. The fourth-order valence-electron chi connectivity index (χ4n) is 2.01. The maximum absolute atomic E-state index is 9.70. The molecule has 0 aromatic heterocycles. The number of hydrogen-bond acceptors (Lipinski definition) is 3. The van der Waals surface area contributed by atoms with Crippen LogP contribution < -0.4 is 5.32 Å². The highest BCUT2D eigenvalue weighted by atomic mass is 16.5. The predicted molar refractivity (Wildman–Crippen MR) is 50.1 cm³/mol. The molecule has 0 amide bonds. The predicted octanol–water partition coefficient (Wildman–Crippen LogP) is 1.14. The molecule has 0 spiro atoms. The van der Waals surface area contributed by atoms with Crippen molar-refractivity contribution < 1.29 is 9.84 Å². The fraction of sp³-hybridized carbons (Fsp3) is 0.800. The van der Waals surface area contributed by atoms with Crippen LogP contribution in [0, 0.1) is 0 Å². The van der Waals surface area contributed by atoms with E-state index in [1.165, 1.54) is 6.42 Å². The van der Waals surface area contributed by atoms with Gasteiger partial charge in [-0.15, -0.1) is 0 Å². The Bertz CT molecular complexity index is 203. The number of aliphatic hydroxyl groups is 1. The third kappa shape index (κ3) is 2.15.